The van der Waals surface area contributed by atoms with Crippen molar-refractivity contribution in [3.63, 3.8) is 0 Å². The van der Waals surface area contributed by atoms with Crippen LogP contribution in [0, 0.1) is 0 Å². The van der Waals surface area contributed by atoms with Crippen LogP contribution >= 0.6 is 11.6 Å². The molecular formula is C16H31ClO2. The summed E-state index contributed by atoms with van der Waals surface area (Å²) in [5.74, 6) is -0.238. The molecule has 1 atom stereocenters. The SMILES string of the molecule is CCCCCCCCCCC(Cl)C(=O)OCCCC. The van der Waals surface area contributed by atoms with Crippen LogP contribution in [0.4, 0.5) is 0 Å². The first-order valence-corrected chi connectivity index (χ1v) is 8.46. The number of carbonyl (C=O) groups excluding carboxylic acids is 1. The summed E-state index contributed by atoms with van der Waals surface area (Å²) in [6.45, 7) is 4.82. The predicted molar refractivity (Wildman–Crippen MR) is 82.7 cm³/mol. The molecule has 0 saturated heterocycles. The number of hydrogen-bond acceptors (Lipinski definition) is 2. The Kier molecular flexibility index (Phi) is 14.0. The lowest BCUT2D eigenvalue weighted by atomic mass is 10.1. The second-order valence-electron chi connectivity index (χ2n) is 5.25. The van der Waals surface area contributed by atoms with E-state index in [-0.39, 0.29) is 5.97 Å². The Labute approximate surface area is 124 Å². The second kappa shape index (κ2) is 14.2. The van der Waals surface area contributed by atoms with Crippen LogP contribution in [0.1, 0.15) is 84.5 Å². The molecule has 0 aromatic carbocycles. The topological polar surface area (TPSA) is 26.3 Å². The van der Waals surface area contributed by atoms with E-state index in [1.807, 2.05) is 0 Å². The van der Waals surface area contributed by atoms with E-state index in [0.717, 1.165) is 25.7 Å². The molecule has 0 aromatic rings. The van der Waals surface area contributed by atoms with Crippen molar-refractivity contribution in [2.24, 2.45) is 0 Å². The molecule has 0 N–H and O–H groups in total. The van der Waals surface area contributed by atoms with Gasteiger partial charge in [-0.1, -0.05) is 71.6 Å². The van der Waals surface area contributed by atoms with Crippen molar-refractivity contribution >= 4 is 17.6 Å². The first-order valence-electron chi connectivity index (χ1n) is 8.03. The van der Waals surface area contributed by atoms with Crippen molar-refractivity contribution in [2.45, 2.75) is 89.9 Å². The molecule has 1 unspecified atom stereocenters. The lowest BCUT2D eigenvalue weighted by molar-refractivity contribution is -0.143. The molecule has 0 radical (unpaired) electrons. The van der Waals surface area contributed by atoms with Crippen LogP contribution < -0.4 is 0 Å². The van der Waals surface area contributed by atoms with Gasteiger partial charge in [0, 0.05) is 0 Å². The predicted octanol–water partition coefficient (Wildman–Crippen LogP) is 5.47. The highest BCUT2D eigenvalue weighted by Crippen LogP contribution is 2.14. The van der Waals surface area contributed by atoms with Crippen molar-refractivity contribution in [1.29, 1.82) is 0 Å². The van der Waals surface area contributed by atoms with Crippen molar-refractivity contribution in [1.82, 2.24) is 0 Å². The largest absolute Gasteiger partial charge is 0.465 e. The van der Waals surface area contributed by atoms with Gasteiger partial charge in [0.25, 0.3) is 0 Å². The average Bonchev–Trinajstić information content (AvgIpc) is 2.41. The third-order valence-electron chi connectivity index (χ3n) is 3.31. The highest BCUT2D eigenvalue weighted by Gasteiger charge is 2.15. The molecular weight excluding hydrogens is 260 g/mol. The fourth-order valence-corrected chi connectivity index (χ4v) is 2.20. The Hall–Kier alpha value is -0.240. The van der Waals surface area contributed by atoms with Crippen LogP contribution in [-0.4, -0.2) is 18.0 Å². The molecule has 0 amide bonds. The van der Waals surface area contributed by atoms with E-state index in [9.17, 15) is 4.79 Å². The van der Waals surface area contributed by atoms with Gasteiger partial charge >= 0.3 is 5.97 Å². The maximum absolute atomic E-state index is 11.5. The summed E-state index contributed by atoms with van der Waals surface area (Å²) >= 11 is 6.02. The van der Waals surface area contributed by atoms with Gasteiger partial charge in [0.1, 0.15) is 5.38 Å². The lowest BCUT2D eigenvalue weighted by Crippen LogP contribution is -2.18. The quantitative estimate of drug-likeness (QED) is 0.255. The number of carbonyl (C=O) groups is 1. The number of esters is 1. The smallest absolute Gasteiger partial charge is 0.324 e. The number of alkyl halides is 1. The third-order valence-corrected chi connectivity index (χ3v) is 3.71. The molecule has 0 rings (SSSR count). The Morgan fingerprint density at radius 1 is 0.895 bits per heavy atom. The summed E-state index contributed by atoms with van der Waals surface area (Å²) in [5.41, 5.74) is 0. The number of hydrogen-bond donors (Lipinski definition) is 0. The summed E-state index contributed by atoms with van der Waals surface area (Å²) in [6, 6.07) is 0. The summed E-state index contributed by atoms with van der Waals surface area (Å²) in [5, 5.41) is -0.447. The zero-order valence-corrected chi connectivity index (χ0v) is 13.5. The first kappa shape index (κ1) is 18.8. The van der Waals surface area contributed by atoms with Gasteiger partial charge in [0.15, 0.2) is 0 Å². The van der Waals surface area contributed by atoms with Crippen LogP contribution in [-0.2, 0) is 9.53 Å². The van der Waals surface area contributed by atoms with Crippen LogP contribution in [0.5, 0.6) is 0 Å². The van der Waals surface area contributed by atoms with Gasteiger partial charge in [0.2, 0.25) is 0 Å². The minimum absolute atomic E-state index is 0.238. The van der Waals surface area contributed by atoms with Crippen molar-refractivity contribution in [2.75, 3.05) is 6.61 Å². The monoisotopic (exact) mass is 290 g/mol. The average molecular weight is 291 g/mol. The van der Waals surface area contributed by atoms with Gasteiger partial charge < -0.3 is 4.74 Å². The Morgan fingerprint density at radius 2 is 1.42 bits per heavy atom. The van der Waals surface area contributed by atoms with Crippen molar-refractivity contribution in [3.05, 3.63) is 0 Å². The number of halogens is 1. The fraction of sp³-hybridized carbons (Fsp3) is 0.938. The van der Waals surface area contributed by atoms with Gasteiger partial charge in [-0.2, -0.15) is 0 Å². The van der Waals surface area contributed by atoms with Crippen LogP contribution in [0.3, 0.4) is 0 Å². The Morgan fingerprint density at radius 3 is 2.00 bits per heavy atom. The highest BCUT2D eigenvalue weighted by atomic mass is 35.5. The van der Waals surface area contributed by atoms with E-state index in [4.69, 9.17) is 16.3 Å². The van der Waals surface area contributed by atoms with Gasteiger partial charge in [-0.3, -0.25) is 4.79 Å². The summed E-state index contributed by atoms with van der Waals surface area (Å²) < 4.78 is 5.10. The van der Waals surface area contributed by atoms with Gasteiger partial charge in [-0.15, -0.1) is 11.6 Å². The summed E-state index contributed by atoms with van der Waals surface area (Å²) in [4.78, 5) is 11.5. The van der Waals surface area contributed by atoms with Gasteiger partial charge in [-0.25, -0.2) is 0 Å². The van der Waals surface area contributed by atoms with Crippen LogP contribution in [0.15, 0.2) is 0 Å². The molecule has 0 aliphatic rings. The molecule has 0 aromatic heterocycles. The molecule has 0 aliphatic heterocycles. The molecule has 0 saturated carbocycles. The van der Waals surface area contributed by atoms with Gasteiger partial charge in [-0.05, 0) is 12.8 Å². The second-order valence-corrected chi connectivity index (χ2v) is 5.78. The Balaban J connectivity index is 3.32. The molecule has 0 aliphatic carbocycles. The standard InChI is InChI=1S/C16H31ClO2/c1-3-5-7-8-9-10-11-12-13-15(17)16(18)19-14-6-4-2/h15H,3-14H2,1-2H3. The maximum Gasteiger partial charge on any atom is 0.324 e. The number of ether oxygens (including phenoxy) is 1. The molecule has 0 heterocycles. The molecule has 0 fully saturated rings. The lowest BCUT2D eigenvalue weighted by Gasteiger charge is -2.09. The van der Waals surface area contributed by atoms with E-state index in [1.54, 1.807) is 0 Å². The molecule has 2 nitrogen and oxygen atoms in total. The number of rotatable bonds is 13. The summed E-state index contributed by atoms with van der Waals surface area (Å²) in [7, 11) is 0. The minimum Gasteiger partial charge on any atom is -0.465 e. The Bertz CT molecular complexity index is 207. The number of unbranched alkanes of at least 4 members (excludes halogenated alkanes) is 8. The highest BCUT2D eigenvalue weighted by molar-refractivity contribution is 6.29. The zero-order chi connectivity index (χ0) is 14.3. The fourth-order valence-electron chi connectivity index (χ4n) is 1.98. The van der Waals surface area contributed by atoms with Gasteiger partial charge in [0.05, 0.1) is 6.61 Å². The maximum atomic E-state index is 11.5. The van der Waals surface area contributed by atoms with Crippen LogP contribution in [0.25, 0.3) is 0 Å². The molecule has 0 spiro atoms. The summed E-state index contributed by atoms with van der Waals surface area (Å²) in [6.07, 6.45) is 12.9. The zero-order valence-electron chi connectivity index (χ0n) is 12.8. The molecule has 19 heavy (non-hydrogen) atoms. The normalized spacial score (nSPS) is 12.4. The first-order chi connectivity index (χ1) is 9.22. The van der Waals surface area contributed by atoms with E-state index >= 15 is 0 Å². The molecule has 3 heteroatoms. The van der Waals surface area contributed by atoms with E-state index < -0.39 is 5.38 Å². The molecule has 0 bridgehead atoms. The minimum atomic E-state index is -0.447. The van der Waals surface area contributed by atoms with E-state index in [2.05, 4.69) is 13.8 Å². The molecule has 114 valence electrons. The van der Waals surface area contributed by atoms with E-state index in [0.29, 0.717) is 6.61 Å². The van der Waals surface area contributed by atoms with Crippen molar-refractivity contribution in [3.8, 4) is 0 Å². The van der Waals surface area contributed by atoms with Crippen LogP contribution in [0.2, 0.25) is 0 Å². The third kappa shape index (κ3) is 12.5. The van der Waals surface area contributed by atoms with Crippen molar-refractivity contribution < 1.29 is 9.53 Å². The van der Waals surface area contributed by atoms with E-state index in [1.165, 1.54) is 44.9 Å².